The summed E-state index contributed by atoms with van der Waals surface area (Å²) < 4.78 is 6.80. The standard InChI is InChI=1S/C8H7Br2NO2/c1-13-8-5(4-11-12)2-6(9)3-7(8)10/h2-4,12H,1H3/b11-4-. The van der Waals surface area contributed by atoms with Gasteiger partial charge in [0.05, 0.1) is 17.8 Å². The molecular weight excluding hydrogens is 302 g/mol. The Labute approximate surface area is 92.7 Å². The van der Waals surface area contributed by atoms with E-state index in [1.54, 1.807) is 13.2 Å². The summed E-state index contributed by atoms with van der Waals surface area (Å²) in [7, 11) is 1.56. The molecule has 1 aromatic carbocycles. The van der Waals surface area contributed by atoms with Crippen LogP contribution in [0.25, 0.3) is 0 Å². The minimum Gasteiger partial charge on any atom is -0.495 e. The first kappa shape index (κ1) is 10.5. The van der Waals surface area contributed by atoms with Crippen molar-refractivity contribution in [3.8, 4) is 5.75 Å². The molecule has 5 heteroatoms. The zero-order chi connectivity index (χ0) is 9.84. The molecule has 1 rings (SSSR count). The Balaban J connectivity index is 3.29. The van der Waals surface area contributed by atoms with Gasteiger partial charge >= 0.3 is 0 Å². The summed E-state index contributed by atoms with van der Waals surface area (Å²) in [6, 6.07) is 3.65. The Morgan fingerprint density at radius 1 is 1.46 bits per heavy atom. The van der Waals surface area contributed by atoms with E-state index in [-0.39, 0.29) is 0 Å². The smallest absolute Gasteiger partial charge is 0.142 e. The SMILES string of the molecule is COc1c(Br)cc(Br)cc1/C=N\O. The Bertz CT molecular complexity index is 339. The number of hydrogen-bond acceptors (Lipinski definition) is 3. The maximum absolute atomic E-state index is 8.40. The van der Waals surface area contributed by atoms with E-state index < -0.39 is 0 Å². The van der Waals surface area contributed by atoms with Crippen molar-refractivity contribution >= 4 is 38.1 Å². The van der Waals surface area contributed by atoms with Crippen LogP contribution >= 0.6 is 31.9 Å². The molecule has 3 nitrogen and oxygen atoms in total. The first-order chi connectivity index (χ1) is 6.19. The van der Waals surface area contributed by atoms with Gasteiger partial charge in [0.15, 0.2) is 0 Å². The molecule has 0 spiro atoms. The molecular formula is C8H7Br2NO2. The first-order valence-electron chi connectivity index (χ1n) is 3.39. The van der Waals surface area contributed by atoms with Gasteiger partial charge in [-0.3, -0.25) is 0 Å². The Hall–Kier alpha value is -0.550. The second-order valence-electron chi connectivity index (χ2n) is 2.25. The molecule has 0 heterocycles. The van der Waals surface area contributed by atoms with Crippen LogP contribution in [0.2, 0.25) is 0 Å². The number of ether oxygens (including phenoxy) is 1. The van der Waals surface area contributed by atoms with E-state index in [4.69, 9.17) is 9.94 Å². The van der Waals surface area contributed by atoms with E-state index in [1.807, 2.05) is 6.07 Å². The van der Waals surface area contributed by atoms with Crippen molar-refractivity contribution in [2.75, 3.05) is 7.11 Å². The zero-order valence-corrected chi connectivity index (χ0v) is 9.96. The van der Waals surface area contributed by atoms with E-state index in [2.05, 4.69) is 37.0 Å². The average molecular weight is 309 g/mol. The molecule has 70 valence electrons. The molecule has 0 aliphatic rings. The second kappa shape index (κ2) is 4.62. The molecule has 0 amide bonds. The topological polar surface area (TPSA) is 41.8 Å². The van der Waals surface area contributed by atoms with E-state index in [0.717, 1.165) is 8.95 Å². The molecule has 0 saturated heterocycles. The van der Waals surface area contributed by atoms with Crippen molar-refractivity contribution in [3.05, 3.63) is 26.6 Å². The average Bonchev–Trinajstić information content (AvgIpc) is 2.04. The van der Waals surface area contributed by atoms with Gasteiger partial charge in [0.1, 0.15) is 5.75 Å². The summed E-state index contributed by atoms with van der Waals surface area (Å²) in [4.78, 5) is 0. The molecule has 0 fully saturated rings. The van der Waals surface area contributed by atoms with Crippen LogP contribution in [0.5, 0.6) is 5.75 Å². The monoisotopic (exact) mass is 307 g/mol. The molecule has 0 unspecified atom stereocenters. The minimum atomic E-state index is 0.640. The Morgan fingerprint density at radius 3 is 2.69 bits per heavy atom. The Kier molecular flexibility index (Phi) is 3.74. The minimum absolute atomic E-state index is 0.640. The van der Waals surface area contributed by atoms with Crippen molar-refractivity contribution in [2.24, 2.45) is 5.16 Å². The predicted molar refractivity (Wildman–Crippen MR) is 57.8 cm³/mol. The van der Waals surface area contributed by atoms with Crippen LogP contribution in [-0.2, 0) is 0 Å². The van der Waals surface area contributed by atoms with Crippen LogP contribution in [0.3, 0.4) is 0 Å². The van der Waals surface area contributed by atoms with Crippen molar-refractivity contribution < 1.29 is 9.94 Å². The molecule has 1 aromatic rings. The summed E-state index contributed by atoms with van der Waals surface area (Å²) in [6.07, 6.45) is 1.31. The van der Waals surface area contributed by atoms with Gasteiger partial charge in [0.2, 0.25) is 0 Å². The number of benzene rings is 1. The molecule has 0 atom stereocenters. The van der Waals surface area contributed by atoms with E-state index in [1.165, 1.54) is 6.21 Å². The summed E-state index contributed by atoms with van der Waals surface area (Å²) in [5.74, 6) is 0.640. The fourth-order valence-electron chi connectivity index (χ4n) is 0.954. The van der Waals surface area contributed by atoms with E-state index in [0.29, 0.717) is 11.3 Å². The lowest BCUT2D eigenvalue weighted by molar-refractivity contribution is 0.321. The largest absolute Gasteiger partial charge is 0.495 e. The number of hydrogen-bond donors (Lipinski definition) is 1. The highest BCUT2D eigenvalue weighted by atomic mass is 79.9. The van der Waals surface area contributed by atoms with Gasteiger partial charge in [-0.05, 0) is 28.1 Å². The maximum atomic E-state index is 8.40. The van der Waals surface area contributed by atoms with Crippen LogP contribution in [-0.4, -0.2) is 18.5 Å². The fraction of sp³-hybridized carbons (Fsp3) is 0.125. The molecule has 0 saturated carbocycles. The fourth-order valence-corrected chi connectivity index (χ4v) is 2.37. The van der Waals surface area contributed by atoms with Gasteiger partial charge in [-0.15, -0.1) is 0 Å². The lowest BCUT2D eigenvalue weighted by atomic mass is 10.2. The van der Waals surface area contributed by atoms with Crippen LogP contribution in [0.4, 0.5) is 0 Å². The van der Waals surface area contributed by atoms with Crippen molar-refractivity contribution in [1.82, 2.24) is 0 Å². The summed E-state index contributed by atoms with van der Waals surface area (Å²) in [6.45, 7) is 0. The lowest BCUT2D eigenvalue weighted by Crippen LogP contribution is -1.92. The molecule has 1 N–H and O–H groups in total. The van der Waals surface area contributed by atoms with Gasteiger partial charge < -0.3 is 9.94 Å². The van der Waals surface area contributed by atoms with E-state index >= 15 is 0 Å². The molecule has 0 radical (unpaired) electrons. The van der Waals surface area contributed by atoms with Crippen molar-refractivity contribution in [3.63, 3.8) is 0 Å². The zero-order valence-electron chi connectivity index (χ0n) is 6.79. The molecule has 13 heavy (non-hydrogen) atoms. The van der Waals surface area contributed by atoms with Gasteiger partial charge in [0, 0.05) is 10.0 Å². The van der Waals surface area contributed by atoms with E-state index in [9.17, 15) is 0 Å². The van der Waals surface area contributed by atoms with Crippen molar-refractivity contribution in [1.29, 1.82) is 0 Å². The van der Waals surface area contributed by atoms with Crippen LogP contribution in [0, 0.1) is 0 Å². The van der Waals surface area contributed by atoms with Gasteiger partial charge in [-0.25, -0.2) is 0 Å². The number of oxime groups is 1. The maximum Gasteiger partial charge on any atom is 0.142 e. The highest BCUT2D eigenvalue weighted by Crippen LogP contribution is 2.31. The van der Waals surface area contributed by atoms with Gasteiger partial charge in [-0.2, -0.15) is 0 Å². The molecule has 0 bridgehead atoms. The van der Waals surface area contributed by atoms with Crippen LogP contribution in [0.15, 0.2) is 26.2 Å². The molecule has 0 aliphatic carbocycles. The van der Waals surface area contributed by atoms with Gasteiger partial charge in [-0.1, -0.05) is 21.1 Å². The second-order valence-corrected chi connectivity index (χ2v) is 4.02. The number of halogens is 2. The normalized spacial score (nSPS) is 10.7. The van der Waals surface area contributed by atoms with Gasteiger partial charge in [0.25, 0.3) is 0 Å². The third-order valence-electron chi connectivity index (χ3n) is 1.44. The quantitative estimate of drug-likeness (QED) is 0.518. The number of nitrogens with zero attached hydrogens (tertiary/aromatic N) is 1. The summed E-state index contributed by atoms with van der Waals surface area (Å²) in [5, 5.41) is 11.4. The third kappa shape index (κ3) is 2.45. The van der Waals surface area contributed by atoms with Crippen LogP contribution < -0.4 is 4.74 Å². The van der Waals surface area contributed by atoms with Crippen LogP contribution in [0.1, 0.15) is 5.56 Å². The summed E-state index contributed by atoms with van der Waals surface area (Å²) >= 11 is 6.65. The molecule has 0 aliphatic heterocycles. The molecule has 0 aromatic heterocycles. The van der Waals surface area contributed by atoms with Crippen molar-refractivity contribution in [2.45, 2.75) is 0 Å². The first-order valence-corrected chi connectivity index (χ1v) is 4.98. The Morgan fingerprint density at radius 2 is 2.15 bits per heavy atom. The number of rotatable bonds is 2. The summed E-state index contributed by atoms with van der Waals surface area (Å²) in [5.41, 5.74) is 0.700. The highest BCUT2D eigenvalue weighted by molar-refractivity contribution is 9.11. The number of methoxy groups -OCH3 is 1. The predicted octanol–water partition coefficient (Wildman–Crippen LogP) is 3.03. The lowest BCUT2D eigenvalue weighted by Gasteiger charge is -2.06. The third-order valence-corrected chi connectivity index (χ3v) is 2.48. The highest BCUT2D eigenvalue weighted by Gasteiger charge is 2.06.